The Morgan fingerprint density at radius 3 is 2.64 bits per heavy atom. The van der Waals surface area contributed by atoms with Crippen molar-refractivity contribution < 1.29 is 5.11 Å². The lowest BCUT2D eigenvalue weighted by Crippen LogP contribution is -2.25. The van der Waals surface area contributed by atoms with Gasteiger partial charge in [-0.05, 0) is 42.9 Å². The minimum Gasteiger partial charge on any atom is -0.506 e. The molecule has 0 radical (unpaired) electrons. The highest BCUT2D eigenvalue weighted by Gasteiger charge is 2.09. The molecule has 1 aromatic carbocycles. The van der Waals surface area contributed by atoms with E-state index in [0.29, 0.717) is 11.8 Å². The molecule has 1 N–H and O–H groups in total. The van der Waals surface area contributed by atoms with Crippen molar-refractivity contribution in [3.05, 3.63) is 28.2 Å². The van der Waals surface area contributed by atoms with E-state index in [2.05, 4.69) is 34.7 Å². The van der Waals surface area contributed by atoms with E-state index in [0.717, 1.165) is 16.6 Å². The summed E-state index contributed by atoms with van der Waals surface area (Å²) in [6.45, 7) is 5.03. The fourth-order valence-electron chi connectivity index (χ4n) is 1.14. The number of phenolic OH excluding ortho intramolecular Hbond substituents is 1. The van der Waals surface area contributed by atoms with Gasteiger partial charge >= 0.3 is 0 Å². The van der Waals surface area contributed by atoms with Crippen molar-refractivity contribution >= 4 is 15.9 Å². The van der Waals surface area contributed by atoms with Gasteiger partial charge < -0.3 is 5.11 Å². The molecule has 0 aromatic heterocycles. The average molecular weight is 258 g/mol. The van der Waals surface area contributed by atoms with Crippen molar-refractivity contribution in [3.63, 3.8) is 0 Å². The van der Waals surface area contributed by atoms with Gasteiger partial charge in [-0.1, -0.05) is 12.1 Å². The summed E-state index contributed by atoms with van der Waals surface area (Å²) in [5.74, 6) is 0.347. The van der Waals surface area contributed by atoms with Crippen LogP contribution in [0.1, 0.15) is 19.4 Å². The second-order valence-electron chi connectivity index (χ2n) is 3.76. The Kier molecular flexibility index (Phi) is 3.96. The van der Waals surface area contributed by atoms with E-state index in [-0.39, 0.29) is 0 Å². The lowest BCUT2D eigenvalue weighted by molar-refractivity contribution is 0.262. The fourth-order valence-corrected chi connectivity index (χ4v) is 1.55. The Hall–Kier alpha value is -0.540. The molecule has 0 aliphatic carbocycles. The molecule has 0 amide bonds. The van der Waals surface area contributed by atoms with Gasteiger partial charge in [0.05, 0.1) is 4.47 Å². The Morgan fingerprint density at radius 2 is 2.07 bits per heavy atom. The molecular formula is C11H16BrNO. The standard InChI is InChI=1S/C11H16BrNO/c1-8(2)13(3)7-9-5-4-6-10(12)11(9)14/h4-6,8,14H,7H2,1-3H3. The molecule has 0 saturated carbocycles. The highest BCUT2D eigenvalue weighted by molar-refractivity contribution is 9.10. The quantitative estimate of drug-likeness (QED) is 0.900. The summed E-state index contributed by atoms with van der Waals surface area (Å²) in [6.07, 6.45) is 0. The Bertz CT molecular complexity index is 312. The summed E-state index contributed by atoms with van der Waals surface area (Å²) in [5, 5.41) is 9.75. The average Bonchev–Trinajstić information content (AvgIpc) is 2.12. The third kappa shape index (κ3) is 2.72. The number of para-hydroxylation sites is 1. The predicted molar refractivity (Wildman–Crippen MR) is 62.4 cm³/mol. The SMILES string of the molecule is CC(C)N(C)Cc1cccc(Br)c1O. The summed E-state index contributed by atoms with van der Waals surface area (Å²) >= 11 is 3.30. The minimum atomic E-state index is 0.347. The van der Waals surface area contributed by atoms with Gasteiger partial charge in [-0.15, -0.1) is 0 Å². The minimum absolute atomic E-state index is 0.347. The lowest BCUT2D eigenvalue weighted by Gasteiger charge is -2.21. The zero-order chi connectivity index (χ0) is 10.7. The Labute approximate surface area is 93.7 Å². The van der Waals surface area contributed by atoms with Crippen LogP contribution in [0.4, 0.5) is 0 Å². The van der Waals surface area contributed by atoms with Gasteiger partial charge in [-0.2, -0.15) is 0 Å². The Morgan fingerprint density at radius 1 is 1.43 bits per heavy atom. The van der Waals surface area contributed by atoms with Crippen LogP contribution in [0.2, 0.25) is 0 Å². The molecule has 1 aromatic rings. The molecule has 0 atom stereocenters. The largest absolute Gasteiger partial charge is 0.506 e. The molecule has 0 fully saturated rings. The summed E-state index contributed by atoms with van der Waals surface area (Å²) in [7, 11) is 2.05. The van der Waals surface area contributed by atoms with Crippen molar-refractivity contribution in [2.45, 2.75) is 26.4 Å². The number of halogens is 1. The van der Waals surface area contributed by atoms with Crippen LogP contribution in [-0.2, 0) is 6.54 Å². The van der Waals surface area contributed by atoms with E-state index in [9.17, 15) is 5.11 Å². The third-order valence-corrected chi connectivity index (χ3v) is 3.01. The first kappa shape index (κ1) is 11.5. The van der Waals surface area contributed by atoms with E-state index in [4.69, 9.17) is 0 Å². The fraction of sp³-hybridized carbons (Fsp3) is 0.455. The molecule has 1 rings (SSSR count). The normalized spacial score (nSPS) is 11.3. The van der Waals surface area contributed by atoms with Crippen LogP contribution >= 0.6 is 15.9 Å². The van der Waals surface area contributed by atoms with Crippen LogP contribution in [-0.4, -0.2) is 23.1 Å². The van der Waals surface area contributed by atoms with Gasteiger partial charge in [0.1, 0.15) is 5.75 Å². The number of benzene rings is 1. The first-order valence-electron chi connectivity index (χ1n) is 4.69. The van der Waals surface area contributed by atoms with Crippen molar-refractivity contribution in [3.8, 4) is 5.75 Å². The van der Waals surface area contributed by atoms with Crippen molar-refractivity contribution in [1.82, 2.24) is 4.90 Å². The molecule has 2 nitrogen and oxygen atoms in total. The smallest absolute Gasteiger partial charge is 0.134 e. The van der Waals surface area contributed by atoms with Gasteiger partial charge in [0.25, 0.3) is 0 Å². The van der Waals surface area contributed by atoms with Crippen molar-refractivity contribution in [2.75, 3.05) is 7.05 Å². The maximum absolute atomic E-state index is 9.75. The zero-order valence-corrected chi connectivity index (χ0v) is 10.4. The molecule has 0 aliphatic heterocycles. The summed E-state index contributed by atoms with van der Waals surface area (Å²) in [5.41, 5.74) is 0.954. The van der Waals surface area contributed by atoms with Gasteiger partial charge in [0.15, 0.2) is 0 Å². The number of rotatable bonds is 3. The Balaban J connectivity index is 2.82. The number of aromatic hydroxyl groups is 1. The molecule has 0 heterocycles. The van der Waals surface area contributed by atoms with Crippen LogP contribution in [0.15, 0.2) is 22.7 Å². The summed E-state index contributed by atoms with van der Waals surface area (Å²) in [4.78, 5) is 2.18. The highest BCUT2D eigenvalue weighted by atomic mass is 79.9. The topological polar surface area (TPSA) is 23.5 Å². The van der Waals surface area contributed by atoms with Crippen LogP contribution in [0.5, 0.6) is 5.75 Å². The highest BCUT2D eigenvalue weighted by Crippen LogP contribution is 2.28. The van der Waals surface area contributed by atoms with Crippen LogP contribution < -0.4 is 0 Å². The molecule has 3 heteroatoms. The maximum atomic E-state index is 9.75. The molecular weight excluding hydrogens is 242 g/mol. The second-order valence-corrected chi connectivity index (χ2v) is 4.61. The first-order chi connectivity index (χ1) is 6.52. The third-order valence-electron chi connectivity index (χ3n) is 2.37. The van der Waals surface area contributed by atoms with Crippen LogP contribution in [0, 0.1) is 0 Å². The maximum Gasteiger partial charge on any atom is 0.134 e. The predicted octanol–water partition coefficient (Wildman–Crippen LogP) is 2.99. The molecule has 0 spiro atoms. The second kappa shape index (κ2) is 4.80. The lowest BCUT2D eigenvalue weighted by atomic mass is 10.2. The molecule has 78 valence electrons. The number of hydrogen-bond donors (Lipinski definition) is 1. The van der Waals surface area contributed by atoms with Gasteiger partial charge in [0, 0.05) is 18.2 Å². The first-order valence-corrected chi connectivity index (χ1v) is 5.48. The summed E-state index contributed by atoms with van der Waals surface area (Å²) < 4.78 is 0.757. The van der Waals surface area contributed by atoms with E-state index >= 15 is 0 Å². The van der Waals surface area contributed by atoms with E-state index < -0.39 is 0 Å². The number of phenols is 1. The number of hydrogen-bond acceptors (Lipinski definition) is 2. The van der Waals surface area contributed by atoms with E-state index in [1.807, 2.05) is 25.2 Å². The van der Waals surface area contributed by atoms with Crippen LogP contribution in [0.3, 0.4) is 0 Å². The van der Waals surface area contributed by atoms with Crippen LogP contribution in [0.25, 0.3) is 0 Å². The molecule has 0 bridgehead atoms. The molecule has 0 saturated heterocycles. The van der Waals surface area contributed by atoms with Gasteiger partial charge in [0.2, 0.25) is 0 Å². The molecule has 14 heavy (non-hydrogen) atoms. The van der Waals surface area contributed by atoms with Gasteiger partial charge in [-0.3, -0.25) is 4.90 Å². The number of nitrogens with zero attached hydrogens (tertiary/aromatic N) is 1. The van der Waals surface area contributed by atoms with Crippen molar-refractivity contribution in [1.29, 1.82) is 0 Å². The van der Waals surface area contributed by atoms with E-state index in [1.165, 1.54) is 0 Å². The van der Waals surface area contributed by atoms with Crippen molar-refractivity contribution in [2.24, 2.45) is 0 Å². The van der Waals surface area contributed by atoms with Gasteiger partial charge in [-0.25, -0.2) is 0 Å². The molecule has 0 unspecified atom stereocenters. The summed E-state index contributed by atoms with van der Waals surface area (Å²) in [6, 6.07) is 6.20. The molecule has 0 aliphatic rings. The van der Waals surface area contributed by atoms with E-state index in [1.54, 1.807) is 0 Å². The monoisotopic (exact) mass is 257 g/mol. The zero-order valence-electron chi connectivity index (χ0n) is 8.79.